The van der Waals surface area contributed by atoms with E-state index in [4.69, 9.17) is 0 Å². The molecule has 2 heterocycles. The van der Waals surface area contributed by atoms with Crippen molar-refractivity contribution in [3.63, 3.8) is 0 Å². The summed E-state index contributed by atoms with van der Waals surface area (Å²) in [6.45, 7) is 8.46. The van der Waals surface area contributed by atoms with Crippen LogP contribution in [0.3, 0.4) is 0 Å². The van der Waals surface area contributed by atoms with Gasteiger partial charge < -0.3 is 9.88 Å². The average molecular weight is 217 g/mol. The summed E-state index contributed by atoms with van der Waals surface area (Å²) in [4.78, 5) is 0. The largest absolute Gasteiger partial charge is 0.312 e. The lowest BCUT2D eigenvalue weighted by Crippen LogP contribution is -2.32. The number of aromatic nitrogens is 3. The van der Waals surface area contributed by atoms with Crippen LogP contribution in [-0.2, 0) is 6.54 Å². The van der Waals surface area contributed by atoms with Gasteiger partial charge in [-0.05, 0) is 6.92 Å². The quantitative estimate of drug-likeness (QED) is 0.774. The van der Waals surface area contributed by atoms with Crippen molar-refractivity contribution in [3.05, 3.63) is 11.6 Å². The fourth-order valence-corrected chi connectivity index (χ4v) is 1.79. The third-order valence-corrected chi connectivity index (χ3v) is 2.50. The normalized spacial score (nSPS) is 20.4. The van der Waals surface area contributed by atoms with Gasteiger partial charge in [-0.25, -0.2) is 0 Å². The van der Waals surface area contributed by atoms with E-state index in [2.05, 4.69) is 40.9 Å². The maximum Gasteiger partial charge on any atom is 0.149 e. The molecule has 2 rings (SSSR count). The van der Waals surface area contributed by atoms with E-state index < -0.39 is 0 Å². The standard InChI is InChI=1S/C9H16N4.ClH/c1-6(2)8-11-12-9-7(3)10-4-5-13(8)9;/h6-7,10H,4-5H2,1-3H3;1H. The highest BCUT2D eigenvalue weighted by atomic mass is 35.5. The molecule has 1 aromatic heterocycles. The van der Waals surface area contributed by atoms with Crippen LogP contribution < -0.4 is 5.32 Å². The second kappa shape index (κ2) is 4.28. The number of fused-ring (bicyclic) bond motifs is 1. The van der Waals surface area contributed by atoms with E-state index in [0.29, 0.717) is 12.0 Å². The van der Waals surface area contributed by atoms with Gasteiger partial charge in [0, 0.05) is 19.0 Å². The van der Waals surface area contributed by atoms with Crippen molar-refractivity contribution < 1.29 is 0 Å². The van der Waals surface area contributed by atoms with E-state index in [9.17, 15) is 0 Å². The molecule has 0 radical (unpaired) electrons. The summed E-state index contributed by atoms with van der Waals surface area (Å²) in [5.74, 6) is 2.66. The van der Waals surface area contributed by atoms with E-state index in [-0.39, 0.29) is 12.4 Å². The fourth-order valence-electron chi connectivity index (χ4n) is 1.79. The Bertz CT molecular complexity index is 294. The predicted octanol–water partition coefficient (Wildman–Crippen LogP) is 1.49. The molecule has 0 spiro atoms. The van der Waals surface area contributed by atoms with Gasteiger partial charge in [-0.2, -0.15) is 0 Å². The number of hydrogen-bond donors (Lipinski definition) is 1. The van der Waals surface area contributed by atoms with Crippen LogP contribution >= 0.6 is 12.4 Å². The van der Waals surface area contributed by atoms with Crippen molar-refractivity contribution in [1.82, 2.24) is 20.1 Å². The number of halogens is 1. The van der Waals surface area contributed by atoms with Gasteiger partial charge >= 0.3 is 0 Å². The first-order valence-electron chi connectivity index (χ1n) is 4.86. The van der Waals surface area contributed by atoms with Crippen LogP contribution in [0.4, 0.5) is 0 Å². The summed E-state index contributed by atoms with van der Waals surface area (Å²) in [6.07, 6.45) is 0. The van der Waals surface area contributed by atoms with Crippen molar-refractivity contribution in [1.29, 1.82) is 0 Å². The zero-order valence-corrected chi connectivity index (χ0v) is 9.64. The zero-order valence-electron chi connectivity index (χ0n) is 8.82. The van der Waals surface area contributed by atoms with E-state index in [1.807, 2.05) is 0 Å². The smallest absolute Gasteiger partial charge is 0.149 e. The van der Waals surface area contributed by atoms with Crippen LogP contribution in [-0.4, -0.2) is 21.3 Å². The van der Waals surface area contributed by atoms with Crippen molar-refractivity contribution in [2.45, 2.75) is 39.3 Å². The van der Waals surface area contributed by atoms with E-state index >= 15 is 0 Å². The predicted molar refractivity (Wildman–Crippen MR) is 57.8 cm³/mol. The van der Waals surface area contributed by atoms with Gasteiger partial charge in [-0.3, -0.25) is 0 Å². The van der Waals surface area contributed by atoms with Gasteiger partial charge in [0.05, 0.1) is 6.04 Å². The summed E-state index contributed by atoms with van der Waals surface area (Å²) in [5, 5.41) is 11.8. The topological polar surface area (TPSA) is 42.7 Å². The molecule has 5 heteroatoms. The molecule has 0 saturated carbocycles. The maximum absolute atomic E-state index is 4.22. The summed E-state index contributed by atoms with van der Waals surface area (Å²) < 4.78 is 2.24. The Morgan fingerprint density at radius 2 is 2.14 bits per heavy atom. The Labute approximate surface area is 90.5 Å². The molecule has 1 atom stereocenters. The van der Waals surface area contributed by atoms with Crippen LogP contribution in [0, 0.1) is 0 Å². The Morgan fingerprint density at radius 3 is 2.79 bits per heavy atom. The van der Waals surface area contributed by atoms with Crippen molar-refractivity contribution in [2.75, 3.05) is 6.54 Å². The van der Waals surface area contributed by atoms with E-state index in [1.54, 1.807) is 0 Å². The minimum absolute atomic E-state index is 0. The molecule has 14 heavy (non-hydrogen) atoms. The number of hydrogen-bond acceptors (Lipinski definition) is 3. The van der Waals surface area contributed by atoms with Crippen LogP contribution in [0.5, 0.6) is 0 Å². The second-order valence-corrected chi connectivity index (χ2v) is 3.90. The molecule has 1 aliphatic heterocycles. The van der Waals surface area contributed by atoms with Crippen LogP contribution in [0.2, 0.25) is 0 Å². The summed E-state index contributed by atoms with van der Waals surface area (Å²) >= 11 is 0. The molecule has 80 valence electrons. The molecular formula is C9H17ClN4. The monoisotopic (exact) mass is 216 g/mol. The highest BCUT2D eigenvalue weighted by Gasteiger charge is 2.22. The first-order valence-corrected chi connectivity index (χ1v) is 4.86. The molecule has 1 unspecified atom stereocenters. The van der Waals surface area contributed by atoms with Crippen molar-refractivity contribution in [3.8, 4) is 0 Å². The van der Waals surface area contributed by atoms with Crippen LogP contribution in [0.1, 0.15) is 44.4 Å². The van der Waals surface area contributed by atoms with Gasteiger partial charge in [-0.15, -0.1) is 22.6 Å². The van der Waals surface area contributed by atoms with Gasteiger partial charge in [0.25, 0.3) is 0 Å². The highest BCUT2D eigenvalue weighted by molar-refractivity contribution is 5.85. The number of nitrogens with one attached hydrogen (secondary N) is 1. The van der Waals surface area contributed by atoms with Crippen molar-refractivity contribution in [2.24, 2.45) is 0 Å². The molecule has 4 nitrogen and oxygen atoms in total. The van der Waals surface area contributed by atoms with E-state index in [1.165, 1.54) is 0 Å². The molecule has 0 aromatic carbocycles. The molecule has 0 aliphatic carbocycles. The lowest BCUT2D eigenvalue weighted by Gasteiger charge is -2.22. The van der Waals surface area contributed by atoms with Crippen molar-refractivity contribution >= 4 is 12.4 Å². The Balaban J connectivity index is 0.000000980. The number of nitrogens with zero attached hydrogens (tertiary/aromatic N) is 3. The van der Waals surface area contributed by atoms with E-state index in [0.717, 1.165) is 24.7 Å². The molecular weight excluding hydrogens is 200 g/mol. The molecule has 0 amide bonds. The summed E-state index contributed by atoms with van der Waals surface area (Å²) in [6, 6.07) is 0.341. The SMILES string of the molecule is CC(C)c1nnc2n1CCNC2C.Cl. The molecule has 1 aliphatic rings. The lowest BCUT2D eigenvalue weighted by molar-refractivity contribution is 0.426. The molecule has 1 aromatic rings. The Kier molecular flexibility index (Phi) is 3.50. The first kappa shape index (κ1) is 11.5. The van der Waals surface area contributed by atoms with Crippen LogP contribution in [0.15, 0.2) is 0 Å². The minimum Gasteiger partial charge on any atom is -0.312 e. The third kappa shape index (κ3) is 1.77. The van der Waals surface area contributed by atoms with Gasteiger partial charge in [-0.1, -0.05) is 13.8 Å². The Morgan fingerprint density at radius 1 is 1.43 bits per heavy atom. The first-order chi connectivity index (χ1) is 6.20. The van der Waals surface area contributed by atoms with Gasteiger partial charge in [0.1, 0.15) is 11.6 Å². The third-order valence-electron chi connectivity index (χ3n) is 2.50. The molecule has 0 saturated heterocycles. The molecule has 0 fully saturated rings. The Hall–Kier alpha value is -0.610. The fraction of sp³-hybridized carbons (Fsp3) is 0.778. The zero-order chi connectivity index (χ0) is 9.42. The average Bonchev–Trinajstić information content (AvgIpc) is 2.48. The highest BCUT2D eigenvalue weighted by Crippen LogP contribution is 2.19. The minimum atomic E-state index is 0. The summed E-state index contributed by atoms with van der Waals surface area (Å²) in [5.41, 5.74) is 0. The molecule has 0 bridgehead atoms. The lowest BCUT2D eigenvalue weighted by atomic mass is 10.2. The van der Waals surface area contributed by atoms with Gasteiger partial charge in [0.15, 0.2) is 0 Å². The van der Waals surface area contributed by atoms with Gasteiger partial charge in [0.2, 0.25) is 0 Å². The number of rotatable bonds is 1. The molecule has 1 N–H and O–H groups in total. The second-order valence-electron chi connectivity index (χ2n) is 3.90. The maximum atomic E-state index is 4.22. The summed E-state index contributed by atoms with van der Waals surface area (Å²) in [7, 11) is 0. The van der Waals surface area contributed by atoms with Crippen LogP contribution in [0.25, 0.3) is 0 Å².